The van der Waals surface area contributed by atoms with Crippen molar-refractivity contribution in [2.45, 2.75) is 24.5 Å². The molecule has 0 saturated carbocycles. The van der Waals surface area contributed by atoms with Crippen molar-refractivity contribution in [3.05, 3.63) is 27.2 Å². The Balaban J connectivity index is 2.12. The molecule has 1 aliphatic heterocycles. The average Bonchev–Trinajstić information content (AvgIpc) is 2.93. The Morgan fingerprint density at radius 2 is 2.05 bits per heavy atom. The second-order valence-corrected chi connectivity index (χ2v) is 4.49. The second-order valence-electron chi connectivity index (χ2n) is 4.49. The van der Waals surface area contributed by atoms with Crippen molar-refractivity contribution in [2.75, 3.05) is 6.61 Å². The lowest BCUT2D eigenvalue weighted by Gasteiger charge is -2.16. The predicted octanol–water partition coefficient (Wildman–Crippen LogP) is -2.98. The zero-order valence-electron chi connectivity index (χ0n) is 10.1. The molecule has 0 bridgehead atoms. The maximum atomic E-state index is 11.6. The zero-order chi connectivity index (χ0) is 14.4. The molecule has 10 nitrogen and oxygen atoms in total. The fourth-order valence-corrected chi connectivity index (χ4v) is 2.25. The standard InChI is InChI=1S/C10H12N4O6/c15-1-3-5(16)6(17)9(20-3)14-2-11-4-7(14)12-10(19)13-8(4)18/h2-3,5-6,9,15-17H,1H2,(H2,12,13,18,19)/t3?,5?,6?,9-/m1/s1. The third-order valence-electron chi connectivity index (χ3n) is 3.26. The molecule has 1 aliphatic rings. The SMILES string of the molecule is O=c1[nH]c(=O)c2ncn([C@@H]3OC(CO)C(O)C3O)c2[nH]1. The van der Waals surface area contributed by atoms with Crippen LogP contribution in [0, 0.1) is 0 Å². The van der Waals surface area contributed by atoms with Crippen molar-refractivity contribution in [3.63, 3.8) is 0 Å². The van der Waals surface area contributed by atoms with E-state index >= 15 is 0 Å². The van der Waals surface area contributed by atoms with Crippen molar-refractivity contribution in [3.8, 4) is 0 Å². The quantitative estimate of drug-likeness (QED) is 0.394. The maximum absolute atomic E-state index is 11.6. The van der Waals surface area contributed by atoms with Gasteiger partial charge in [0.2, 0.25) is 0 Å². The molecule has 0 aliphatic carbocycles. The highest BCUT2D eigenvalue weighted by Crippen LogP contribution is 2.30. The Labute approximate surface area is 110 Å². The van der Waals surface area contributed by atoms with Crippen molar-refractivity contribution >= 4 is 11.2 Å². The number of H-pyrrole nitrogens is 2. The third-order valence-corrected chi connectivity index (χ3v) is 3.26. The van der Waals surface area contributed by atoms with Crippen molar-refractivity contribution in [1.29, 1.82) is 0 Å². The Hall–Kier alpha value is -2.01. The molecule has 108 valence electrons. The van der Waals surface area contributed by atoms with E-state index in [9.17, 15) is 19.8 Å². The van der Waals surface area contributed by atoms with Crippen LogP contribution in [0.2, 0.25) is 0 Å². The summed E-state index contributed by atoms with van der Waals surface area (Å²) in [6, 6.07) is 0. The molecule has 2 aromatic heterocycles. The highest BCUT2D eigenvalue weighted by Gasteiger charge is 2.43. The summed E-state index contributed by atoms with van der Waals surface area (Å²) in [7, 11) is 0. The maximum Gasteiger partial charge on any atom is 0.327 e. The first kappa shape index (κ1) is 13.0. The van der Waals surface area contributed by atoms with Crippen molar-refractivity contribution < 1.29 is 20.1 Å². The minimum Gasteiger partial charge on any atom is -0.394 e. The number of nitrogens with zero attached hydrogens (tertiary/aromatic N) is 2. The van der Waals surface area contributed by atoms with Crippen LogP contribution >= 0.6 is 0 Å². The fourth-order valence-electron chi connectivity index (χ4n) is 2.25. The van der Waals surface area contributed by atoms with Gasteiger partial charge in [-0.3, -0.25) is 19.3 Å². The molecule has 1 saturated heterocycles. The van der Waals surface area contributed by atoms with Gasteiger partial charge >= 0.3 is 5.69 Å². The number of fused-ring (bicyclic) bond motifs is 1. The van der Waals surface area contributed by atoms with Gasteiger partial charge in [-0.1, -0.05) is 0 Å². The zero-order valence-corrected chi connectivity index (χ0v) is 10.1. The molecular weight excluding hydrogens is 272 g/mol. The van der Waals surface area contributed by atoms with E-state index in [0.717, 1.165) is 0 Å². The molecule has 2 aromatic rings. The number of hydrogen-bond acceptors (Lipinski definition) is 7. The number of imidazole rings is 1. The van der Waals surface area contributed by atoms with Crippen LogP contribution in [-0.4, -0.2) is 59.8 Å². The van der Waals surface area contributed by atoms with E-state index in [1.54, 1.807) is 0 Å². The average molecular weight is 284 g/mol. The van der Waals surface area contributed by atoms with Gasteiger partial charge in [0.15, 0.2) is 11.7 Å². The monoisotopic (exact) mass is 284 g/mol. The smallest absolute Gasteiger partial charge is 0.327 e. The second kappa shape index (κ2) is 4.52. The molecule has 3 unspecified atom stereocenters. The van der Waals surface area contributed by atoms with E-state index in [0.29, 0.717) is 0 Å². The van der Waals surface area contributed by atoms with Crippen LogP contribution in [0.1, 0.15) is 6.23 Å². The van der Waals surface area contributed by atoms with Crippen LogP contribution in [-0.2, 0) is 4.74 Å². The first-order chi connectivity index (χ1) is 9.52. The minimum atomic E-state index is -1.33. The van der Waals surface area contributed by atoms with Gasteiger partial charge in [0.25, 0.3) is 5.56 Å². The Kier molecular flexibility index (Phi) is 2.94. The highest BCUT2D eigenvalue weighted by atomic mass is 16.6. The van der Waals surface area contributed by atoms with E-state index in [1.807, 2.05) is 4.98 Å². The molecule has 5 N–H and O–H groups in total. The lowest BCUT2D eigenvalue weighted by Crippen LogP contribution is -2.33. The van der Waals surface area contributed by atoms with E-state index in [-0.39, 0.29) is 11.2 Å². The van der Waals surface area contributed by atoms with E-state index in [2.05, 4.69) is 9.97 Å². The van der Waals surface area contributed by atoms with Crippen LogP contribution < -0.4 is 11.2 Å². The topological polar surface area (TPSA) is 153 Å². The third kappa shape index (κ3) is 1.78. The number of aromatic amines is 2. The first-order valence-electron chi connectivity index (χ1n) is 5.84. The highest BCUT2D eigenvalue weighted by molar-refractivity contribution is 5.68. The number of ether oxygens (including phenoxy) is 1. The summed E-state index contributed by atoms with van der Waals surface area (Å²) in [6.45, 7) is -0.474. The summed E-state index contributed by atoms with van der Waals surface area (Å²) < 4.78 is 6.54. The van der Waals surface area contributed by atoms with Gasteiger partial charge in [-0.25, -0.2) is 9.78 Å². The Morgan fingerprint density at radius 3 is 2.70 bits per heavy atom. The molecule has 20 heavy (non-hydrogen) atoms. The van der Waals surface area contributed by atoms with Crippen LogP contribution in [0.4, 0.5) is 0 Å². The van der Waals surface area contributed by atoms with Gasteiger partial charge in [-0.05, 0) is 0 Å². The number of rotatable bonds is 2. The molecule has 0 spiro atoms. The Morgan fingerprint density at radius 1 is 1.30 bits per heavy atom. The molecule has 4 atom stereocenters. The molecule has 0 aromatic carbocycles. The summed E-state index contributed by atoms with van der Waals surface area (Å²) in [4.78, 5) is 31.1. The van der Waals surface area contributed by atoms with Crippen molar-refractivity contribution in [1.82, 2.24) is 19.5 Å². The molecule has 10 heteroatoms. The summed E-state index contributed by atoms with van der Waals surface area (Å²) in [5.41, 5.74) is -1.36. The number of nitrogens with one attached hydrogen (secondary N) is 2. The Bertz CT molecular complexity index is 748. The normalized spacial score (nSPS) is 30.1. The number of aliphatic hydroxyl groups is 3. The van der Waals surface area contributed by atoms with E-state index < -0.39 is 42.4 Å². The molecule has 0 amide bonds. The number of aromatic nitrogens is 4. The van der Waals surface area contributed by atoms with Gasteiger partial charge in [-0.15, -0.1) is 0 Å². The van der Waals surface area contributed by atoms with Crippen LogP contribution in [0.25, 0.3) is 11.2 Å². The van der Waals surface area contributed by atoms with Gasteiger partial charge in [-0.2, -0.15) is 0 Å². The lowest BCUT2D eigenvalue weighted by atomic mass is 10.1. The first-order valence-corrected chi connectivity index (χ1v) is 5.84. The van der Waals surface area contributed by atoms with Gasteiger partial charge in [0, 0.05) is 0 Å². The fraction of sp³-hybridized carbons (Fsp3) is 0.500. The summed E-state index contributed by atoms with van der Waals surface area (Å²) >= 11 is 0. The summed E-state index contributed by atoms with van der Waals surface area (Å²) in [6.07, 6.45) is -3.43. The number of hydrogen-bond donors (Lipinski definition) is 5. The molecule has 3 rings (SSSR count). The van der Waals surface area contributed by atoms with Crippen molar-refractivity contribution in [2.24, 2.45) is 0 Å². The van der Waals surface area contributed by atoms with E-state index in [1.165, 1.54) is 10.9 Å². The molecule has 0 radical (unpaired) electrons. The van der Waals surface area contributed by atoms with Gasteiger partial charge in [0.05, 0.1) is 12.9 Å². The summed E-state index contributed by atoms with van der Waals surface area (Å²) in [5.74, 6) is 0. The molecule has 1 fully saturated rings. The number of aliphatic hydroxyl groups excluding tert-OH is 3. The van der Waals surface area contributed by atoms with Gasteiger partial charge in [0.1, 0.15) is 24.0 Å². The minimum absolute atomic E-state index is 0.0256. The van der Waals surface area contributed by atoms with Crippen LogP contribution in [0.15, 0.2) is 15.9 Å². The molecular formula is C10H12N4O6. The van der Waals surface area contributed by atoms with E-state index in [4.69, 9.17) is 9.84 Å². The predicted molar refractivity (Wildman–Crippen MR) is 64.0 cm³/mol. The lowest BCUT2D eigenvalue weighted by molar-refractivity contribution is -0.0511. The van der Waals surface area contributed by atoms with Gasteiger partial charge < -0.3 is 20.1 Å². The molecule has 3 heterocycles. The summed E-state index contributed by atoms with van der Waals surface area (Å²) in [5, 5.41) is 28.7. The largest absolute Gasteiger partial charge is 0.394 e. The van der Waals surface area contributed by atoms with Crippen LogP contribution in [0.5, 0.6) is 0 Å². The van der Waals surface area contributed by atoms with Crippen LogP contribution in [0.3, 0.4) is 0 Å².